The Morgan fingerprint density at radius 2 is 1.95 bits per heavy atom. The van der Waals surface area contributed by atoms with Crippen LogP contribution in [0, 0.1) is 5.92 Å². The van der Waals surface area contributed by atoms with Gasteiger partial charge >= 0.3 is 5.97 Å². The molecular formula is C14H19NO3S. The van der Waals surface area contributed by atoms with Gasteiger partial charge in [-0.2, -0.15) is 0 Å². The molecule has 1 aromatic carbocycles. The van der Waals surface area contributed by atoms with Crippen LogP contribution < -0.4 is 5.32 Å². The summed E-state index contributed by atoms with van der Waals surface area (Å²) in [6.07, 6.45) is 0.711. The third kappa shape index (κ3) is 5.34. The maximum atomic E-state index is 11.8. The van der Waals surface area contributed by atoms with E-state index in [1.54, 1.807) is 0 Å². The van der Waals surface area contributed by atoms with Crippen molar-refractivity contribution in [1.82, 2.24) is 5.32 Å². The number of amides is 1. The number of carboxylic acids is 1. The quantitative estimate of drug-likeness (QED) is 0.753. The van der Waals surface area contributed by atoms with Crippen molar-refractivity contribution in [3.63, 3.8) is 0 Å². The minimum absolute atomic E-state index is 0.0804. The van der Waals surface area contributed by atoms with Gasteiger partial charge in [-0.1, -0.05) is 38.5 Å². The number of rotatable bonds is 7. The summed E-state index contributed by atoms with van der Waals surface area (Å²) in [4.78, 5) is 23.8. The van der Waals surface area contributed by atoms with Gasteiger partial charge in [-0.05, 0) is 18.1 Å². The highest BCUT2D eigenvalue weighted by atomic mass is 32.2. The van der Waals surface area contributed by atoms with Crippen molar-refractivity contribution >= 4 is 23.6 Å². The molecule has 0 saturated heterocycles. The lowest BCUT2D eigenvalue weighted by Crippen LogP contribution is -2.45. The van der Waals surface area contributed by atoms with Crippen molar-refractivity contribution in [3.05, 3.63) is 30.3 Å². The summed E-state index contributed by atoms with van der Waals surface area (Å²) in [5.74, 6) is -1.08. The van der Waals surface area contributed by atoms with Crippen LogP contribution >= 0.6 is 11.8 Å². The summed E-state index contributed by atoms with van der Waals surface area (Å²) < 4.78 is 0. The van der Waals surface area contributed by atoms with Crippen molar-refractivity contribution < 1.29 is 14.7 Å². The molecule has 0 heterocycles. The first-order valence-corrected chi connectivity index (χ1v) is 7.23. The van der Waals surface area contributed by atoms with Gasteiger partial charge in [0.15, 0.2) is 0 Å². The average molecular weight is 281 g/mol. The third-order valence-corrected chi connectivity index (χ3v) is 3.92. The molecule has 2 atom stereocenters. The fraction of sp³-hybridized carbons (Fsp3) is 0.429. The molecule has 104 valence electrons. The minimum Gasteiger partial charge on any atom is -0.480 e. The van der Waals surface area contributed by atoms with Crippen LogP contribution in [0.25, 0.3) is 0 Å². The van der Waals surface area contributed by atoms with Crippen LogP contribution in [0.4, 0.5) is 0 Å². The Bertz CT molecular complexity index is 422. The van der Waals surface area contributed by atoms with Crippen molar-refractivity contribution in [2.75, 3.05) is 5.75 Å². The van der Waals surface area contributed by atoms with Crippen molar-refractivity contribution in [2.45, 2.75) is 31.2 Å². The maximum Gasteiger partial charge on any atom is 0.326 e. The van der Waals surface area contributed by atoms with Crippen LogP contribution in [0.2, 0.25) is 0 Å². The van der Waals surface area contributed by atoms with Gasteiger partial charge in [-0.3, -0.25) is 4.79 Å². The summed E-state index contributed by atoms with van der Waals surface area (Å²) in [6.45, 7) is 3.73. The summed E-state index contributed by atoms with van der Waals surface area (Å²) in [5, 5.41) is 11.7. The molecule has 0 spiro atoms. The number of carbonyl (C=O) groups is 2. The van der Waals surface area contributed by atoms with E-state index in [1.807, 2.05) is 44.2 Å². The molecule has 0 saturated carbocycles. The van der Waals surface area contributed by atoms with Crippen LogP contribution in [-0.2, 0) is 9.59 Å². The lowest BCUT2D eigenvalue weighted by molar-refractivity contribution is -0.143. The van der Waals surface area contributed by atoms with Gasteiger partial charge in [0.25, 0.3) is 0 Å². The van der Waals surface area contributed by atoms with Crippen molar-refractivity contribution in [1.29, 1.82) is 0 Å². The Morgan fingerprint density at radius 3 is 2.47 bits per heavy atom. The number of nitrogens with one attached hydrogen (secondary N) is 1. The first-order valence-electron chi connectivity index (χ1n) is 6.24. The van der Waals surface area contributed by atoms with Gasteiger partial charge in [0.1, 0.15) is 6.04 Å². The van der Waals surface area contributed by atoms with Gasteiger partial charge in [0, 0.05) is 4.90 Å². The van der Waals surface area contributed by atoms with Gasteiger partial charge in [0.2, 0.25) is 5.91 Å². The number of thioether (sulfide) groups is 1. The van der Waals surface area contributed by atoms with Crippen LogP contribution in [0.1, 0.15) is 20.3 Å². The summed E-state index contributed by atoms with van der Waals surface area (Å²) in [5.41, 5.74) is 0. The van der Waals surface area contributed by atoms with Crippen molar-refractivity contribution in [2.24, 2.45) is 5.92 Å². The molecular weight excluding hydrogens is 262 g/mol. The minimum atomic E-state index is -0.979. The van der Waals surface area contributed by atoms with E-state index in [9.17, 15) is 9.59 Å². The zero-order chi connectivity index (χ0) is 14.3. The lowest BCUT2D eigenvalue weighted by Gasteiger charge is -2.19. The lowest BCUT2D eigenvalue weighted by atomic mass is 9.99. The molecule has 0 aliphatic carbocycles. The molecule has 2 N–H and O–H groups in total. The molecule has 4 nitrogen and oxygen atoms in total. The average Bonchev–Trinajstić information content (AvgIpc) is 2.42. The van der Waals surface area contributed by atoms with E-state index in [2.05, 4.69) is 5.32 Å². The van der Waals surface area contributed by atoms with Crippen LogP contribution in [0.15, 0.2) is 35.2 Å². The fourth-order valence-electron chi connectivity index (χ4n) is 1.56. The molecule has 0 bridgehead atoms. The zero-order valence-corrected chi connectivity index (χ0v) is 11.9. The smallest absolute Gasteiger partial charge is 0.326 e. The van der Waals surface area contributed by atoms with E-state index in [0.29, 0.717) is 6.42 Å². The summed E-state index contributed by atoms with van der Waals surface area (Å²) >= 11 is 1.40. The highest BCUT2D eigenvalue weighted by molar-refractivity contribution is 8.00. The second-order valence-electron chi connectivity index (χ2n) is 4.37. The van der Waals surface area contributed by atoms with E-state index in [4.69, 9.17) is 5.11 Å². The summed E-state index contributed by atoms with van der Waals surface area (Å²) in [6, 6.07) is 8.74. The van der Waals surface area contributed by atoms with Crippen LogP contribution in [-0.4, -0.2) is 28.8 Å². The second kappa shape index (κ2) is 7.84. The molecule has 0 aliphatic heterocycles. The van der Waals surface area contributed by atoms with Gasteiger partial charge in [0.05, 0.1) is 5.75 Å². The Kier molecular flexibility index (Phi) is 6.42. The molecule has 1 aromatic rings. The topological polar surface area (TPSA) is 66.4 Å². The highest BCUT2D eigenvalue weighted by Crippen LogP contribution is 2.16. The van der Waals surface area contributed by atoms with Crippen LogP contribution in [0.3, 0.4) is 0 Å². The maximum absolute atomic E-state index is 11.8. The Morgan fingerprint density at radius 1 is 1.32 bits per heavy atom. The highest BCUT2D eigenvalue weighted by Gasteiger charge is 2.24. The second-order valence-corrected chi connectivity index (χ2v) is 5.42. The first kappa shape index (κ1) is 15.6. The number of aliphatic carboxylic acids is 1. The Balaban J connectivity index is 2.47. The number of hydrogen-bond donors (Lipinski definition) is 2. The number of hydrogen-bond acceptors (Lipinski definition) is 3. The van der Waals surface area contributed by atoms with E-state index < -0.39 is 12.0 Å². The standard InChI is InChI=1S/C14H19NO3S/c1-3-10(2)13(14(17)18)15-12(16)9-19-11-7-5-4-6-8-11/h4-8,10,13H,3,9H2,1-2H3,(H,15,16)(H,17,18)/t10?,13-/m0/s1. The summed E-state index contributed by atoms with van der Waals surface area (Å²) in [7, 11) is 0. The predicted molar refractivity (Wildman–Crippen MR) is 76.2 cm³/mol. The SMILES string of the molecule is CCC(C)[C@H](NC(=O)CSc1ccccc1)C(=O)O. The molecule has 0 aromatic heterocycles. The monoisotopic (exact) mass is 281 g/mol. The van der Waals surface area contributed by atoms with Gasteiger partial charge in [-0.15, -0.1) is 11.8 Å². The van der Waals surface area contributed by atoms with E-state index >= 15 is 0 Å². The fourth-order valence-corrected chi connectivity index (χ4v) is 2.29. The molecule has 0 radical (unpaired) electrons. The molecule has 0 aliphatic rings. The first-order chi connectivity index (χ1) is 9.04. The van der Waals surface area contributed by atoms with E-state index in [-0.39, 0.29) is 17.6 Å². The largest absolute Gasteiger partial charge is 0.480 e. The number of benzene rings is 1. The predicted octanol–water partition coefficient (Wildman–Crippen LogP) is 2.39. The molecule has 1 amide bonds. The molecule has 19 heavy (non-hydrogen) atoms. The van der Waals surface area contributed by atoms with Crippen LogP contribution in [0.5, 0.6) is 0 Å². The number of carbonyl (C=O) groups excluding carboxylic acids is 1. The zero-order valence-electron chi connectivity index (χ0n) is 11.1. The van der Waals surface area contributed by atoms with Crippen molar-refractivity contribution in [3.8, 4) is 0 Å². The Labute approximate surface area is 117 Å². The van der Waals surface area contributed by atoms with E-state index in [1.165, 1.54) is 11.8 Å². The molecule has 5 heteroatoms. The van der Waals surface area contributed by atoms with Gasteiger partial charge < -0.3 is 10.4 Å². The normalized spacial score (nSPS) is 13.6. The molecule has 1 rings (SSSR count). The van der Waals surface area contributed by atoms with E-state index in [0.717, 1.165) is 4.90 Å². The molecule has 1 unspecified atom stereocenters. The third-order valence-electron chi connectivity index (χ3n) is 2.91. The Hall–Kier alpha value is -1.49. The molecule has 0 fully saturated rings. The van der Waals surface area contributed by atoms with Gasteiger partial charge in [-0.25, -0.2) is 4.79 Å². The number of carboxylic acid groups (broad SMARTS) is 1.